The summed E-state index contributed by atoms with van der Waals surface area (Å²) in [5.74, 6) is 0.333. The number of nitrogens with zero attached hydrogens (tertiary/aromatic N) is 4. The number of methoxy groups -OCH3 is 2. The van der Waals surface area contributed by atoms with Crippen LogP contribution >= 0.6 is 11.6 Å². The molecule has 2 heterocycles. The van der Waals surface area contributed by atoms with E-state index in [2.05, 4.69) is 10.4 Å². The molecule has 11 nitrogen and oxygen atoms in total. The van der Waals surface area contributed by atoms with E-state index in [1.54, 1.807) is 6.07 Å². The van der Waals surface area contributed by atoms with Crippen LogP contribution in [-0.2, 0) is 26.1 Å². The summed E-state index contributed by atoms with van der Waals surface area (Å²) in [4.78, 5) is 13.1. The fourth-order valence-electron chi connectivity index (χ4n) is 4.04. The van der Waals surface area contributed by atoms with Gasteiger partial charge in [0.15, 0.2) is 0 Å². The van der Waals surface area contributed by atoms with Gasteiger partial charge in [-0.15, -0.1) is 4.09 Å². The number of carbonyl (C=O) groups is 1. The number of hydrogen-bond donors (Lipinski definition) is 2. The Kier molecular flexibility index (Phi) is 8.42. The van der Waals surface area contributed by atoms with Gasteiger partial charge in [-0.25, -0.2) is 4.79 Å². The molecule has 1 fully saturated rings. The van der Waals surface area contributed by atoms with Gasteiger partial charge >= 0.3 is 16.3 Å². The first-order chi connectivity index (χ1) is 16.1. The minimum absolute atomic E-state index is 0.268. The Bertz CT molecular complexity index is 1120. The van der Waals surface area contributed by atoms with Crippen LogP contribution in [0.3, 0.4) is 0 Å². The Labute approximate surface area is 204 Å². The fourth-order valence-corrected chi connectivity index (χ4v) is 5.18. The minimum atomic E-state index is -4.04. The lowest BCUT2D eigenvalue weighted by molar-refractivity contribution is -0.109. The average molecular weight is 516 g/mol. The van der Waals surface area contributed by atoms with Crippen molar-refractivity contribution in [3.8, 4) is 0 Å². The second-order valence-electron chi connectivity index (χ2n) is 8.13. The summed E-state index contributed by atoms with van der Waals surface area (Å²) < 4.78 is 39.6. The van der Waals surface area contributed by atoms with Crippen LogP contribution in [0.2, 0.25) is 5.02 Å². The third-order valence-electron chi connectivity index (χ3n) is 5.66. The van der Waals surface area contributed by atoms with Crippen molar-refractivity contribution in [2.24, 2.45) is 0 Å². The third-order valence-corrected chi connectivity index (χ3v) is 7.65. The first kappa shape index (κ1) is 26.2. The molecule has 0 bridgehead atoms. The molecule has 0 unspecified atom stereocenters. The zero-order valence-electron chi connectivity index (χ0n) is 19.6. The van der Waals surface area contributed by atoms with Crippen LogP contribution < -0.4 is 10.2 Å². The van der Waals surface area contributed by atoms with Crippen molar-refractivity contribution in [3.05, 3.63) is 46.1 Å². The van der Waals surface area contributed by atoms with E-state index in [4.69, 9.17) is 21.1 Å². The Morgan fingerprint density at radius 3 is 2.59 bits per heavy atom. The molecule has 1 aliphatic heterocycles. The van der Waals surface area contributed by atoms with Gasteiger partial charge in [-0.1, -0.05) is 29.8 Å². The molecule has 3 rings (SSSR count). The van der Waals surface area contributed by atoms with Gasteiger partial charge in [0.05, 0.1) is 0 Å². The first-order valence-electron chi connectivity index (χ1n) is 10.7. The SMILES string of the molecule is COC(OC)c1nn(S(=O)(=O)N(C)C)c(N2CCC[C@@H](NC(=O)O)C2)c1Cc1ccccc1Cl. The zero-order chi connectivity index (χ0) is 25.0. The normalized spacial score (nSPS) is 16.9. The monoisotopic (exact) mass is 515 g/mol. The van der Waals surface area contributed by atoms with Gasteiger partial charge in [0.25, 0.3) is 0 Å². The Morgan fingerprint density at radius 2 is 2.00 bits per heavy atom. The van der Waals surface area contributed by atoms with Gasteiger partial charge in [0, 0.05) is 64.5 Å². The molecule has 0 spiro atoms. The highest BCUT2D eigenvalue weighted by molar-refractivity contribution is 7.87. The molecule has 2 aromatic rings. The largest absolute Gasteiger partial charge is 0.465 e. The molecule has 1 aromatic heterocycles. The van der Waals surface area contributed by atoms with Crippen LogP contribution in [0.4, 0.5) is 10.6 Å². The van der Waals surface area contributed by atoms with E-state index in [1.807, 2.05) is 23.1 Å². The quantitative estimate of drug-likeness (QED) is 0.487. The molecule has 1 aliphatic rings. The van der Waals surface area contributed by atoms with Crippen molar-refractivity contribution in [1.82, 2.24) is 18.8 Å². The molecule has 1 aromatic carbocycles. The van der Waals surface area contributed by atoms with E-state index in [-0.39, 0.29) is 19.0 Å². The van der Waals surface area contributed by atoms with Gasteiger partial charge in [-0.2, -0.15) is 17.8 Å². The molecular formula is C21H30ClN5O6S. The van der Waals surface area contributed by atoms with Crippen molar-refractivity contribution in [3.63, 3.8) is 0 Å². The summed E-state index contributed by atoms with van der Waals surface area (Å²) in [7, 11) is 1.69. The van der Waals surface area contributed by atoms with Crippen molar-refractivity contribution in [2.45, 2.75) is 31.6 Å². The number of amides is 1. The minimum Gasteiger partial charge on any atom is -0.465 e. The predicted molar refractivity (Wildman–Crippen MR) is 128 cm³/mol. The van der Waals surface area contributed by atoms with Gasteiger partial charge in [0.1, 0.15) is 11.5 Å². The molecule has 34 heavy (non-hydrogen) atoms. The lowest BCUT2D eigenvalue weighted by atomic mass is 10.0. The number of aromatic nitrogens is 2. The maximum atomic E-state index is 13.3. The summed E-state index contributed by atoms with van der Waals surface area (Å²) in [6, 6.07) is 6.91. The molecular weight excluding hydrogens is 486 g/mol. The van der Waals surface area contributed by atoms with Crippen LogP contribution in [0, 0.1) is 0 Å². The number of hydrogen-bond acceptors (Lipinski definition) is 7. The zero-order valence-corrected chi connectivity index (χ0v) is 21.1. The summed E-state index contributed by atoms with van der Waals surface area (Å²) in [5, 5.41) is 16.7. The number of halogens is 1. The molecule has 1 amide bonds. The number of ether oxygens (including phenoxy) is 2. The second kappa shape index (κ2) is 10.9. The van der Waals surface area contributed by atoms with E-state index in [9.17, 15) is 18.3 Å². The highest BCUT2D eigenvalue weighted by atomic mass is 35.5. The standard InChI is InChI=1S/C21H30ClN5O6S/c1-25(2)34(30,31)27-19(26-11-7-9-15(13-26)23-21(28)29)16(18(24-27)20(32-3)33-4)12-14-8-5-6-10-17(14)22/h5-6,8,10,15,20,23H,7,9,11-13H2,1-4H3,(H,28,29)/t15-/m1/s1. The summed E-state index contributed by atoms with van der Waals surface area (Å²) >= 11 is 6.43. The van der Waals surface area contributed by atoms with Crippen molar-refractivity contribution < 1.29 is 27.8 Å². The number of carboxylic acid groups (broad SMARTS) is 1. The van der Waals surface area contributed by atoms with Gasteiger partial charge in [-0.05, 0) is 24.5 Å². The number of benzene rings is 1. The molecule has 0 saturated carbocycles. The van der Waals surface area contributed by atoms with Crippen LogP contribution in [0.15, 0.2) is 24.3 Å². The highest BCUT2D eigenvalue weighted by Crippen LogP contribution is 2.36. The Morgan fingerprint density at radius 1 is 1.32 bits per heavy atom. The Balaban J connectivity index is 2.24. The molecule has 2 N–H and O–H groups in total. The van der Waals surface area contributed by atoms with Crippen molar-refractivity contribution >= 4 is 33.7 Å². The number of piperidine rings is 1. The van der Waals surface area contributed by atoms with Crippen LogP contribution in [0.1, 0.15) is 36.0 Å². The van der Waals surface area contributed by atoms with E-state index in [0.717, 1.165) is 14.0 Å². The smallest absolute Gasteiger partial charge is 0.404 e. The number of anilines is 1. The molecule has 188 valence electrons. The van der Waals surface area contributed by atoms with Gasteiger partial charge < -0.3 is 24.8 Å². The molecule has 13 heteroatoms. The average Bonchev–Trinajstić information content (AvgIpc) is 3.15. The molecule has 1 atom stereocenters. The molecule has 1 saturated heterocycles. The molecule has 0 radical (unpaired) electrons. The van der Waals surface area contributed by atoms with E-state index >= 15 is 0 Å². The maximum absolute atomic E-state index is 13.3. The lowest BCUT2D eigenvalue weighted by Crippen LogP contribution is -2.48. The topological polar surface area (TPSA) is 126 Å². The Hall–Kier alpha value is -2.38. The number of rotatable bonds is 9. The summed E-state index contributed by atoms with van der Waals surface area (Å²) in [5.41, 5.74) is 1.65. The van der Waals surface area contributed by atoms with Crippen molar-refractivity contribution in [2.75, 3.05) is 46.3 Å². The highest BCUT2D eigenvalue weighted by Gasteiger charge is 2.35. The third kappa shape index (κ3) is 5.47. The van der Waals surface area contributed by atoms with Crippen LogP contribution in [-0.4, -0.2) is 80.6 Å². The predicted octanol–water partition coefficient (Wildman–Crippen LogP) is 2.31. The van der Waals surface area contributed by atoms with Crippen LogP contribution in [0.25, 0.3) is 0 Å². The van der Waals surface area contributed by atoms with Crippen LogP contribution in [0.5, 0.6) is 0 Å². The van der Waals surface area contributed by atoms with Gasteiger partial charge in [0.2, 0.25) is 6.29 Å². The molecule has 0 aliphatic carbocycles. The van der Waals surface area contributed by atoms with E-state index < -0.39 is 22.6 Å². The lowest BCUT2D eigenvalue weighted by Gasteiger charge is -2.35. The van der Waals surface area contributed by atoms with E-state index in [1.165, 1.54) is 28.3 Å². The fraction of sp³-hybridized carbons (Fsp3) is 0.524. The number of nitrogens with one attached hydrogen (secondary N) is 1. The van der Waals surface area contributed by atoms with E-state index in [0.29, 0.717) is 41.5 Å². The first-order valence-corrected chi connectivity index (χ1v) is 12.5. The summed E-state index contributed by atoms with van der Waals surface area (Å²) in [6.07, 6.45) is -0.478. The van der Waals surface area contributed by atoms with Gasteiger partial charge in [-0.3, -0.25) is 0 Å². The summed E-state index contributed by atoms with van der Waals surface area (Å²) in [6.45, 7) is 0.798. The second-order valence-corrected chi connectivity index (χ2v) is 10.5. The van der Waals surface area contributed by atoms with Crippen molar-refractivity contribution in [1.29, 1.82) is 0 Å². The maximum Gasteiger partial charge on any atom is 0.404 e.